The fraction of sp³-hybridized carbons (Fsp3) is 0.300. The highest BCUT2D eigenvalue weighted by molar-refractivity contribution is 7.89. The molecule has 9 heteroatoms. The van der Waals surface area contributed by atoms with Gasteiger partial charge in [-0.2, -0.15) is 0 Å². The third kappa shape index (κ3) is 3.58. The van der Waals surface area contributed by atoms with Crippen molar-refractivity contribution in [3.63, 3.8) is 0 Å². The van der Waals surface area contributed by atoms with Gasteiger partial charge in [0.25, 0.3) is 0 Å². The number of rotatable bonds is 5. The number of carboxylic acids is 1. The van der Waals surface area contributed by atoms with Gasteiger partial charge in [-0.15, -0.1) is 0 Å². The van der Waals surface area contributed by atoms with Crippen LogP contribution < -0.4 is 4.72 Å². The van der Waals surface area contributed by atoms with Crippen LogP contribution in [0.15, 0.2) is 17.0 Å². The molecule has 1 aromatic carbocycles. The standard InChI is InChI=1S/C10H11Cl2NO5S/c1-5(4-14)13-19(17,18)7-3-2-6(11)8(9(7)12)10(15)16/h2-3,5,13-14H,4H2,1H3,(H,15,16). The zero-order chi connectivity index (χ0) is 14.8. The number of benzene rings is 1. The molecule has 0 bridgehead atoms. The van der Waals surface area contributed by atoms with Gasteiger partial charge in [0.2, 0.25) is 10.0 Å². The lowest BCUT2D eigenvalue weighted by Crippen LogP contribution is -2.35. The molecule has 0 heterocycles. The molecule has 19 heavy (non-hydrogen) atoms. The van der Waals surface area contributed by atoms with Gasteiger partial charge in [-0.1, -0.05) is 23.2 Å². The summed E-state index contributed by atoms with van der Waals surface area (Å²) in [5, 5.41) is 17.1. The van der Waals surface area contributed by atoms with Crippen molar-refractivity contribution in [1.29, 1.82) is 0 Å². The predicted molar refractivity (Wildman–Crippen MR) is 70.3 cm³/mol. The zero-order valence-electron chi connectivity index (χ0n) is 9.72. The molecule has 0 amide bonds. The maximum Gasteiger partial charge on any atom is 0.338 e. The van der Waals surface area contributed by atoms with Gasteiger partial charge in [-0.3, -0.25) is 0 Å². The second kappa shape index (κ2) is 6.06. The van der Waals surface area contributed by atoms with Gasteiger partial charge in [0.1, 0.15) is 4.90 Å². The van der Waals surface area contributed by atoms with Crippen LogP contribution in [0.4, 0.5) is 0 Å². The molecule has 1 rings (SSSR count). The molecule has 106 valence electrons. The van der Waals surface area contributed by atoms with Crippen LogP contribution in [-0.2, 0) is 10.0 Å². The van der Waals surface area contributed by atoms with Crippen LogP contribution >= 0.6 is 23.2 Å². The van der Waals surface area contributed by atoms with Crippen molar-refractivity contribution in [1.82, 2.24) is 4.72 Å². The average molecular weight is 328 g/mol. The highest BCUT2D eigenvalue weighted by Crippen LogP contribution is 2.31. The number of aromatic carboxylic acids is 1. The highest BCUT2D eigenvalue weighted by atomic mass is 35.5. The smallest absolute Gasteiger partial charge is 0.338 e. The summed E-state index contributed by atoms with van der Waals surface area (Å²) in [5.41, 5.74) is -0.483. The Morgan fingerprint density at radius 2 is 2.00 bits per heavy atom. The largest absolute Gasteiger partial charge is 0.478 e. The quantitative estimate of drug-likeness (QED) is 0.757. The molecule has 0 aliphatic carbocycles. The van der Waals surface area contributed by atoms with E-state index in [1.807, 2.05) is 0 Å². The maximum atomic E-state index is 12.0. The molecule has 0 spiro atoms. The Morgan fingerprint density at radius 1 is 1.42 bits per heavy atom. The lowest BCUT2D eigenvalue weighted by molar-refractivity contribution is 0.0697. The SMILES string of the molecule is CC(CO)NS(=O)(=O)c1ccc(Cl)c(C(=O)O)c1Cl. The highest BCUT2D eigenvalue weighted by Gasteiger charge is 2.25. The van der Waals surface area contributed by atoms with Gasteiger partial charge in [0, 0.05) is 6.04 Å². The predicted octanol–water partition coefficient (Wildman–Crippen LogP) is 1.35. The number of aliphatic hydroxyl groups is 1. The van der Waals surface area contributed by atoms with Gasteiger partial charge in [-0.05, 0) is 19.1 Å². The Bertz CT molecular complexity index is 602. The second-order valence-corrected chi connectivity index (χ2v) is 6.21. The van der Waals surface area contributed by atoms with Crippen molar-refractivity contribution < 1.29 is 23.4 Å². The van der Waals surface area contributed by atoms with Gasteiger partial charge in [0.15, 0.2) is 0 Å². The lowest BCUT2D eigenvalue weighted by Gasteiger charge is -2.14. The molecule has 1 atom stereocenters. The normalized spacial score (nSPS) is 13.3. The molecule has 0 saturated carbocycles. The van der Waals surface area contributed by atoms with Crippen molar-refractivity contribution in [3.8, 4) is 0 Å². The summed E-state index contributed by atoms with van der Waals surface area (Å²) >= 11 is 11.4. The second-order valence-electron chi connectivity index (χ2n) is 3.74. The molecule has 0 aliphatic heterocycles. The molecule has 0 saturated heterocycles. The molecule has 3 N–H and O–H groups in total. The minimum atomic E-state index is -4.04. The van der Waals surface area contributed by atoms with Crippen molar-refractivity contribution in [2.45, 2.75) is 17.9 Å². The summed E-state index contributed by atoms with van der Waals surface area (Å²) in [7, 11) is -4.04. The van der Waals surface area contributed by atoms with E-state index in [1.165, 1.54) is 6.92 Å². The number of hydrogen-bond acceptors (Lipinski definition) is 4. The molecule has 0 radical (unpaired) electrons. The number of halogens is 2. The van der Waals surface area contributed by atoms with Crippen LogP contribution in [0, 0.1) is 0 Å². The topological polar surface area (TPSA) is 104 Å². The first-order valence-corrected chi connectivity index (χ1v) is 7.29. The van der Waals surface area contributed by atoms with E-state index in [2.05, 4.69) is 4.72 Å². The number of nitrogens with one attached hydrogen (secondary N) is 1. The minimum absolute atomic E-state index is 0.161. The Morgan fingerprint density at radius 3 is 2.47 bits per heavy atom. The Kier molecular flexibility index (Phi) is 5.17. The molecule has 1 unspecified atom stereocenters. The summed E-state index contributed by atoms with van der Waals surface area (Å²) in [5.74, 6) is -1.43. The number of carbonyl (C=O) groups is 1. The minimum Gasteiger partial charge on any atom is -0.478 e. The van der Waals surface area contributed by atoms with Crippen molar-refractivity contribution in [2.24, 2.45) is 0 Å². The van der Waals surface area contributed by atoms with E-state index < -0.39 is 44.1 Å². The number of sulfonamides is 1. The fourth-order valence-corrected chi connectivity index (χ4v) is 3.46. The fourth-order valence-electron chi connectivity index (χ4n) is 1.30. The van der Waals surface area contributed by atoms with Gasteiger partial charge in [-0.25, -0.2) is 17.9 Å². The monoisotopic (exact) mass is 327 g/mol. The first kappa shape index (κ1) is 16.2. The molecular weight excluding hydrogens is 317 g/mol. The van der Waals surface area contributed by atoms with Crippen LogP contribution in [0.3, 0.4) is 0 Å². The Hall–Kier alpha value is -0.860. The summed E-state index contributed by atoms with van der Waals surface area (Å²) in [6, 6.07) is 1.50. The van der Waals surface area contributed by atoms with Crippen molar-refractivity contribution >= 4 is 39.2 Å². The van der Waals surface area contributed by atoms with E-state index in [0.717, 1.165) is 12.1 Å². The van der Waals surface area contributed by atoms with Crippen molar-refractivity contribution in [3.05, 3.63) is 27.7 Å². The van der Waals surface area contributed by atoms with Gasteiger partial charge >= 0.3 is 5.97 Å². The molecule has 0 fully saturated rings. The Labute approximate surface area is 120 Å². The van der Waals surface area contributed by atoms with E-state index in [1.54, 1.807) is 0 Å². The summed E-state index contributed by atoms with van der Waals surface area (Å²) in [4.78, 5) is 10.6. The summed E-state index contributed by atoms with van der Waals surface area (Å²) < 4.78 is 26.1. The van der Waals surface area contributed by atoms with E-state index in [4.69, 9.17) is 33.4 Å². The zero-order valence-corrected chi connectivity index (χ0v) is 12.1. The molecule has 6 nitrogen and oxygen atoms in total. The first-order valence-electron chi connectivity index (χ1n) is 5.05. The summed E-state index contributed by atoms with van der Waals surface area (Å²) in [6.45, 7) is 1.04. The molecule has 1 aromatic rings. The van der Waals surface area contributed by atoms with Crippen LogP contribution in [0.1, 0.15) is 17.3 Å². The van der Waals surface area contributed by atoms with E-state index in [-0.39, 0.29) is 5.02 Å². The van der Waals surface area contributed by atoms with Crippen molar-refractivity contribution in [2.75, 3.05) is 6.61 Å². The molecular formula is C10H11Cl2NO5S. The third-order valence-corrected chi connectivity index (χ3v) is 4.64. The number of hydrogen-bond donors (Lipinski definition) is 3. The van der Waals surface area contributed by atoms with E-state index in [0.29, 0.717) is 0 Å². The van der Waals surface area contributed by atoms with Gasteiger partial charge < -0.3 is 10.2 Å². The van der Waals surface area contributed by atoms with Crippen LogP contribution in [-0.4, -0.2) is 37.2 Å². The average Bonchev–Trinajstić information content (AvgIpc) is 2.27. The van der Waals surface area contributed by atoms with E-state index >= 15 is 0 Å². The van der Waals surface area contributed by atoms with Crippen LogP contribution in [0.2, 0.25) is 10.0 Å². The van der Waals surface area contributed by atoms with Crippen LogP contribution in [0.25, 0.3) is 0 Å². The number of carboxylic acid groups (broad SMARTS) is 1. The number of aliphatic hydroxyl groups excluding tert-OH is 1. The molecule has 0 aromatic heterocycles. The van der Waals surface area contributed by atoms with Crippen LogP contribution in [0.5, 0.6) is 0 Å². The van der Waals surface area contributed by atoms with E-state index in [9.17, 15) is 13.2 Å². The lowest BCUT2D eigenvalue weighted by atomic mass is 10.2. The van der Waals surface area contributed by atoms with Gasteiger partial charge in [0.05, 0.1) is 22.2 Å². The molecule has 0 aliphatic rings. The Balaban J connectivity index is 3.37. The maximum absolute atomic E-state index is 12.0. The third-order valence-electron chi connectivity index (χ3n) is 2.19. The summed E-state index contributed by atoms with van der Waals surface area (Å²) in [6.07, 6.45) is 0. The first-order chi connectivity index (χ1) is 8.70.